The molecule has 0 aliphatic rings. The van der Waals surface area contributed by atoms with Gasteiger partial charge in [0.1, 0.15) is 0 Å². The molecule has 3 heterocycles. The maximum atomic E-state index is 10.8. The normalized spacial score (nSPS) is 11.1. The van der Waals surface area contributed by atoms with E-state index in [-0.39, 0.29) is 0 Å². The van der Waals surface area contributed by atoms with Gasteiger partial charge in [0, 0.05) is 47.5 Å². The second-order valence-corrected chi connectivity index (χ2v) is 5.00. The molecule has 0 aliphatic carbocycles. The third kappa shape index (κ3) is 1.78. The number of aldehydes is 1. The van der Waals surface area contributed by atoms with E-state index in [1.54, 1.807) is 0 Å². The van der Waals surface area contributed by atoms with Gasteiger partial charge in [0.05, 0.1) is 0 Å². The highest BCUT2D eigenvalue weighted by Crippen LogP contribution is 2.26. The second kappa shape index (κ2) is 4.12. The van der Waals surface area contributed by atoms with Gasteiger partial charge >= 0.3 is 0 Å². The molecule has 0 fully saturated rings. The average molecular weight is 252 g/mol. The molecular formula is C16H16N2O. The monoisotopic (exact) mass is 252 g/mol. The van der Waals surface area contributed by atoms with Crippen LogP contribution >= 0.6 is 0 Å². The number of hydrogen-bond acceptors (Lipinski definition) is 1. The summed E-state index contributed by atoms with van der Waals surface area (Å²) in [5.41, 5.74) is 6.72. The summed E-state index contributed by atoms with van der Waals surface area (Å²) in [4.78, 5) is 10.8. The van der Waals surface area contributed by atoms with Crippen molar-refractivity contribution in [3.05, 3.63) is 53.5 Å². The molecule has 0 aliphatic heterocycles. The van der Waals surface area contributed by atoms with E-state index in [0.29, 0.717) is 5.56 Å². The lowest BCUT2D eigenvalue weighted by molar-refractivity contribution is 0.112. The van der Waals surface area contributed by atoms with Crippen molar-refractivity contribution in [3.8, 4) is 11.3 Å². The SMILES string of the molecule is Cc1cc(-c2cc3ccc(C=O)cn3c2)n(C)c1C. The molecule has 3 aromatic rings. The van der Waals surface area contributed by atoms with E-state index < -0.39 is 0 Å². The first-order valence-corrected chi connectivity index (χ1v) is 6.30. The van der Waals surface area contributed by atoms with Crippen molar-refractivity contribution in [2.75, 3.05) is 0 Å². The first kappa shape index (κ1) is 11.8. The van der Waals surface area contributed by atoms with Gasteiger partial charge in [-0.2, -0.15) is 0 Å². The molecule has 3 rings (SSSR count). The van der Waals surface area contributed by atoms with E-state index >= 15 is 0 Å². The van der Waals surface area contributed by atoms with Gasteiger partial charge in [-0.15, -0.1) is 0 Å². The molecule has 0 saturated heterocycles. The zero-order valence-corrected chi connectivity index (χ0v) is 11.3. The van der Waals surface area contributed by atoms with E-state index in [4.69, 9.17) is 0 Å². The minimum Gasteiger partial charge on any atom is -0.348 e. The van der Waals surface area contributed by atoms with Crippen molar-refractivity contribution in [2.24, 2.45) is 7.05 Å². The van der Waals surface area contributed by atoms with Gasteiger partial charge in [0.25, 0.3) is 0 Å². The summed E-state index contributed by atoms with van der Waals surface area (Å²) in [6, 6.07) is 8.15. The van der Waals surface area contributed by atoms with Crippen LogP contribution in [0.15, 0.2) is 36.7 Å². The highest BCUT2D eigenvalue weighted by Gasteiger charge is 2.10. The zero-order valence-electron chi connectivity index (χ0n) is 11.3. The van der Waals surface area contributed by atoms with Crippen LogP contribution in [0.3, 0.4) is 0 Å². The van der Waals surface area contributed by atoms with Crippen LogP contribution in [0.1, 0.15) is 21.6 Å². The summed E-state index contributed by atoms with van der Waals surface area (Å²) >= 11 is 0. The van der Waals surface area contributed by atoms with Gasteiger partial charge in [-0.1, -0.05) is 0 Å². The van der Waals surface area contributed by atoms with Gasteiger partial charge in [-0.05, 0) is 43.7 Å². The van der Waals surface area contributed by atoms with E-state index in [2.05, 4.69) is 43.8 Å². The molecule has 0 spiro atoms. The molecule has 3 aromatic heterocycles. The lowest BCUT2D eigenvalue weighted by atomic mass is 10.2. The third-order valence-electron chi connectivity index (χ3n) is 3.83. The number of aromatic nitrogens is 2. The number of nitrogens with zero attached hydrogens (tertiary/aromatic N) is 2. The first-order chi connectivity index (χ1) is 9.10. The smallest absolute Gasteiger partial charge is 0.151 e. The molecular weight excluding hydrogens is 236 g/mol. The lowest BCUT2D eigenvalue weighted by Crippen LogP contribution is -1.93. The number of fused-ring (bicyclic) bond motifs is 1. The van der Waals surface area contributed by atoms with Crippen molar-refractivity contribution < 1.29 is 4.79 Å². The van der Waals surface area contributed by atoms with Crippen LogP contribution in [-0.2, 0) is 7.05 Å². The summed E-state index contributed by atoms with van der Waals surface area (Å²) in [5.74, 6) is 0. The Bertz CT molecular complexity index is 777. The summed E-state index contributed by atoms with van der Waals surface area (Å²) in [7, 11) is 2.08. The van der Waals surface area contributed by atoms with Crippen LogP contribution in [0, 0.1) is 13.8 Å². The Labute approximate surface area is 112 Å². The highest BCUT2D eigenvalue weighted by molar-refractivity contribution is 5.77. The molecule has 0 N–H and O–H groups in total. The fourth-order valence-corrected chi connectivity index (χ4v) is 2.47. The van der Waals surface area contributed by atoms with Gasteiger partial charge in [0.15, 0.2) is 6.29 Å². The van der Waals surface area contributed by atoms with E-state index in [9.17, 15) is 4.79 Å². The van der Waals surface area contributed by atoms with Gasteiger partial charge in [-0.3, -0.25) is 4.79 Å². The summed E-state index contributed by atoms with van der Waals surface area (Å²) in [6.07, 6.45) is 4.79. The Morgan fingerprint density at radius 1 is 1.11 bits per heavy atom. The predicted molar refractivity (Wildman–Crippen MR) is 76.7 cm³/mol. The zero-order chi connectivity index (χ0) is 13.6. The molecule has 0 amide bonds. The number of rotatable bonds is 2. The van der Waals surface area contributed by atoms with Gasteiger partial charge < -0.3 is 8.97 Å². The standard InChI is InChI=1S/C16H16N2O/c1-11-6-16(17(3)12(11)2)14-7-15-5-4-13(10-19)8-18(15)9-14/h4-10H,1-3H3. The van der Waals surface area contributed by atoms with Crippen LogP contribution in [-0.4, -0.2) is 15.3 Å². The van der Waals surface area contributed by atoms with Crippen LogP contribution in [0.25, 0.3) is 16.8 Å². The van der Waals surface area contributed by atoms with Crippen molar-refractivity contribution in [1.29, 1.82) is 0 Å². The minimum absolute atomic E-state index is 0.689. The molecule has 3 nitrogen and oxygen atoms in total. The minimum atomic E-state index is 0.689. The topological polar surface area (TPSA) is 26.4 Å². The van der Waals surface area contributed by atoms with Crippen LogP contribution in [0.5, 0.6) is 0 Å². The van der Waals surface area contributed by atoms with Gasteiger partial charge in [-0.25, -0.2) is 0 Å². The molecule has 0 saturated carbocycles. The van der Waals surface area contributed by atoms with Crippen molar-refractivity contribution in [1.82, 2.24) is 8.97 Å². The van der Waals surface area contributed by atoms with Gasteiger partial charge in [0.2, 0.25) is 0 Å². The van der Waals surface area contributed by atoms with Crippen molar-refractivity contribution in [3.63, 3.8) is 0 Å². The van der Waals surface area contributed by atoms with Crippen LogP contribution in [0.2, 0.25) is 0 Å². The van der Waals surface area contributed by atoms with Crippen LogP contribution in [0.4, 0.5) is 0 Å². The van der Waals surface area contributed by atoms with Crippen molar-refractivity contribution >= 4 is 11.8 Å². The molecule has 96 valence electrons. The molecule has 0 unspecified atom stereocenters. The molecule has 19 heavy (non-hydrogen) atoms. The number of carbonyl (C=O) groups excluding carboxylic acids is 1. The Morgan fingerprint density at radius 3 is 2.53 bits per heavy atom. The Hall–Kier alpha value is -2.29. The third-order valence-corrected chi connectivity index (χ3v) is 3.83. The number of pyridine rings is 1. The number of aryl methyl sites for hydroxylation is 1. The number of hydrogen-bond donors (Lipinski definition) is 0. The first-order valence-electron chi connectivity index (χ1n) is 6.30. The molecule has 0 aromatic carbocycles. The average Bonchev–Trinajstić information content (AvgIpc) is 2.94. The second-order valence-electron chi connectivity index (χ2n) is 5.00. The molecule has 0 radical (unpaired) electrons. The quantitative estimate of drug-likeness (QED) is 0.642. The molecule has 0 atom stereocenters. The predicted octanol–water partition coefficient (Wildman–Crippen LogP) is 3.37. The highest BCUT2D eigenvalue weighted by atomic mass is 16.1. The summed E-state index contributed by atoms with van der Waals surface area (Å²) in [6.45, 7) is 4.25. The maximum absolute atomic E-state index is 10.8. The Kier molecular flexibility index (Phi) is 2.56. The summed E-state index contributed by atoms with van der Waals surface area (Å²) in [5, 5.41) is 0. The largest absolute Gasteiger partial charge is 0.348 e. The Balaban J connectivity index is 2.20. The fourth-order valence-electron chi connectivity index (χ4n) is 2.47. The van der Waals surface area contributed by atoms with E-state index in [1.807, 2.05) is 22.7 Å². The molecule has 0 bridgehead atoms. The van der Waals surface area contributed by atoms with E-state index in [0.717, 1.165) is 11.8 Å². The number of carbonyl (C=O) groups is 1. The van der Waals surface area contributed by atoms with Crippen molar-refractivity contribution in [2.45, 2.75) is 13.8 Å². The Morgan fingerprint density at radius 2 is 1.89 bits per heavy atom. The van der Waals surface area contributed by atoms with Crippen LogP contribution < -0.4 is 0 Å². The molecule has 3 heteroatoms. The lowest BCUT2D eigenvalue weighted by Gasteiger charge is -2.02. The summed E-state index contributed by atoms with van der Waals surface area (Å²) < 4.78 is 4.20. The fraction of sp³-hybridized carbons (Fsp3) is 0.188. The maximum Gasteiger partial charge on any atom is 0.151 e. The van der Waals surface area contributed by atoms with E-state index in [1.165, 1.54) is 22.5 Å².